The first kappa shape index (κ1) is 10.6. The summed E-state index contributed by atoms with van der Waals surface area (Å²) in [5.41, 5.74) is 1.59. The first-order valence-corrected chi connectivity index (χ1v) is 5.72. The molecule has 0 amide bonds. The number of aryl methyl sites for hydroxylation is 1. The highest BCUT2D eigenvalue weighted by molar-refractivity contribution is 5.28. The highest BCUT2D eigenvalue weighted by Crippen LogP contribution is 2.41. The van der Waals surface area contributed by atoms with Crippen LogP contribution >= 0.6 is 0 Å². The highest BCUT2D eigenvalue weighted by atomic mass is 19.1. The molecule has 1 saturated carbocycles. The molecule has 0 aromatic heterocycles. The Labute approximate surface area is 90.7 Å². The van der Waals surface area contributed by atoms with Crippen molar-refractivity contribution in [3.8, 4) is 0 Å². The molecule has 1 N–H and O–H groups in total. The lowest BCUT2D eigenvalue weighted by molar-refractivity contribution is 0.467. The predicted molar refractivity (Wildman–Crippen MR) is 60.3 cm³/mol. The van der Waals surface area contributed by atoms with Crippen molar-refractivity contribution in [2.24, 2.45) is 5.92 Å². The molecule has 2 heteroatoms. The van der Waals surface area contributed by atoms with E-state index in [4.69, 9.17) is 0 Å². The first-order valence-electron chi connectivity index (χ1n) is 5.72. The maximum atomic E-state index is 13.9. The van der Waals surface area contributed by atoms with Crippen LogP contribution in [0.25, 0.3) is 0 Å². The van der Waals surface area contributed by atoms with Crippen LogP contribution in [0.3, 0.4) is 0 Å². The molecular formula is C13H18FN. The van der Waals surface area contributed by atoms with Gasteiger partial charge in [0.2, 0.25) is 0 Å². The van der Waals surface area contributed by atoms with E-state index >= 15 is 0 Å². The SMILES string of the molecule is CCNC(c1cccc(C)c1F)C1CC1. The van der Waals surface area contributed by atoms with E-state index in [-0.39, 0.29) is 11.9 Å². The fraction of sp³-hybridized carbons (Fsp3) is 0.538. The Hall–Kier alpha value is -0.890. The van der Waals surface area contributed by atoms with Gasteiger partial charge in [-0.15, -0.1) is 0 Å². The Balaban J connectivity index is 2.28. The predicted octanol–water partition coefficient (Wildman–Crippen LogP) is 3.19. The summed E-state index contributed by atoms with van der Waals surface area (Å²) in [6.45, 7) is 4.80. The average Bonchev–Trinajstić information content (AvgIpc) is 3.03. The minimum absolute atomic E-state index is 0.0321. The standard InChI is InChI=1S/C13H18FN/c1-3-15-13(10-7-8-10)11-6-4-5-9(2)12(11)14/h4-6,10,13,15H,3,7-8H2,1-2H3. The van der Waals surface area contributed by atoms with Crippen LogP contribution in [0, 0.1) is 18.7 Å². The lowest BCUT2D eigenvalue weighted by atomic mass is 9.99. The zero-order valence-electron chi connectivity index (χ0n) is 9.39. The van der Waals surface area contributed by atoms with Gasteiger partial charge in [0.1, 0.15) is 5.82 Å². The second-order valence-electron chi connectivity index (χ2n) is 4.35. The van der Waals surface area contributed by atoms with E-state index in [9.17, 15) is 4.39 Å². The van der Waals surface area contributed by atoms with Crippen molar-refractivity contribution in [2.45, 2.75) is 32.7 Å². The molecule has 82 valence electrons. The maximum Gasteiger partial charge on any atom is 0.130 e. The van der Waals surface area contributed by atoms with Crippen LogP contribution in [-0.4, -0.2) is 6.54 Å². The molecule has 0 saturated heterocycles. The summed E-state index contributed by atoms with van der Waals surface area (Å²) >= 11 is 0. The van der Waals surface area contributed by atoms with Crippen molar-refractivity contribution in [1.29, 1.82) is 0 Å². The van der Waals surface area contributed by atoms with Crippen LogP contribution < -0.4 is 5.32 Å². The molecule has 1 aromatic carbocycles. The molecule has 2 rings (SSSR count). The second kappa shape index (κ2) is 4.31. The molecule has 0 spiro atoms. The fourth-order valence-electron chi connectivity index (χ4n) is 2.09. The molecular weight excluding hydrogens is 189 g/mol. The summed E-state index contributed by atoms with van der Waals surface area (Å²) in [7, 11) is 0. The maximum absolute atomic E-state index is 13.9. The minimum Gasteiger partial charge on any atom is -0.310 e. The van der Waals surface area contributed by atoms with Gasteiger partial charge in [-0.3, -0.25) is 0 Å². The van der Waals surface area contributed by atoms with Crippen molar-refractivity contribution >= 4 is 0 Å². The number of hydrogen-bond donors (Lipinski definition) is 1. The van der Waals surface area contributed by atoms with Crippen LogP contribution in [0.15, 0.2) is 18.2 Å². The summed E-state index contributed by atoms with van der Waals surface area (Å²) in [5.74, 6) is 0.608. The molecule has 1 atom stereocenters. The zero-order valence-corrected chi connectivity index (χ0v) is 9.39. The van der Waals surface area contributed by atoms with Gasteiger partial charge >= 0.3 is 0 Å². The van der Waals surface area contributed by atoms with Gasteiger partial charge in [0.05, 0.1) is 0 Å². The Morgan fingerprint density at radius 1 is 1.47 bits per heavy atom. The number of halogens is 1. The molecule has 1 aliphatic carbocycles. The monoisotopic (exact) mass is 207 g/mol. The van der Waals surface area contributed by atoms with Gasteiger partial charge in [0, 0.05) is 11.6 Å². The lowest BCUT2D eigenvalue weighted by Crippen LogP contribution is -2.23. The number of benzene rings is 1. The Morgan fingerprint density at radius 2 is 2.20 bits per heavy atom. The molecule has 1 nitrogen and oxygen atoms in total. The van der Waals surface area contributed by atoms with Crippen molar-refractivity contribution < 1.29 is 4.39 Å². The number of hydrogen-bond acceptors (Lipinski definition) is 1. The zero-order chi connectivity index (χ0) is 10.8. The number of nitrogens with one attached hydrogen (secondary N) is 1. The lowest BCUT2D eigenvalue weighted by Gasteiger charge is -2.19. The van der Waals surface area contributed by atoms with Crippen LogP contribution in [0.4, 0.5) is 4.39 Å². The molecule has 0 bridgehead atoms. The largest absolute Gasteiger partial charge is 0.310 e. The molecule has 0 aliphatic heterocycles. The van der Waals surface area contributed by atoms with Crippen molar-refractivity contribution in [3.05, 3.63) is 35.1 Å². The second-order valence-corrected chi connectivity index (χ2v) is 4.35. The molecule has 0 heterocycles. The van der Waals surface area contributed by atoms with Crippen molar-refractivity contribution in [2.75, 3.05) is 6.54 Å². The molecule has 0 radical (unpaired) electrons. The van der Waals surface area contributed by atoms with Gasteiger partial charge in [0.15, 0.2) is 0 Å². The third kappa shape index (κ3) is 2.20. The van der Waals surface area contributed by atoms with E-state index < -0.39 is 0 Å². The third-order valence-electron chi connectivity index (χ3n) is 3.07. The van der Waals surface area contributed by atoms with E-state index in [1.54, 1.807) is 0 Å². The summed E-state index contributed by atoms with van der Waals surface area (Å²) in [6.07, 6.45) is 2.45. The van der Waals surface area contributed by atoms with Crippen molar-refractivity contribution in [1.82, 2.24) is 5.32 Å². The van der Waals surface area contributed by atoms with Gasteiger partial charge in [-0.2, -0.15) is 0 Å². The smallest absolute Gasteiger partial charge is 0.130 e. The van der Waals surface area contributed by atoms with Crippen LogP contribution in [0.2, 0.25) is 0 Å². The Bertz CT molecular complexity index is 344. The van der Waals surface area contributed by atoms with Crippen molar-refractivity contribution in [3.63, 3.8) is 0 Å². The molecule has 1 fully saturated rings. The summed E-state index contributed by atoms with van der Waals surface area (Å²) in [5, 5.41) is 3.39. The normalized spacial score (nSPS) is 17.8. The highest BCUT2D eigenvalue weighted by Gasteiger charge is 2.33. The Morgan fingerprint density at radius 3 is 2.80 bits per heavy atom. The molecule has 15 heavy (non-hydrogen) atoms. The van der Waals surface area contributed by atoms with Crippen LogP contribution in [-0.2, 0) is 0 Å². The van der Waals surface area contributed by atoms with Crippen LogP contribution in [0.1, 0.15) is 36.9 Å². The fourth-order valence-corrected chi connectivity index (χ4v) is 2.09. The van der Waals surface area contributed by atoms with E-state index in [2.05, 4.69) is 12.2 Å². The van der Waals surface area contributed by atoms with Gasteiger partial charge in [0.25, 0.3) is 0 Å². The van der Waals surface area contributed by atoms with Gasteiger partial charge < -0.3 is 5.32 Å². The molecule has 1 unspecified atom stereocenters. The van der Waals surface area contributed by atoms with Crippen LogP contribution in [0.5, 0.6) is 0 Å². The quantitative estimate of drug-likeness (QED) is 0.799. The van der Waals surface area contributed by atoms with Gasteiger partial charge in [-0.05, 0) is 37.8 Å². The third-order valence-corrected chi connectivity index (χ3v) is 3.07. The van der Waals surface area contributed by atoms with E-state index in [1.165, 1.54) is 12.8 Å². The van der Waals surface area contributed by atoms with E-state index in [0.717, 1.165) is 17.7 Å². The molecule has 1 aliphatic rings. The van der Waals surface area contributed by atoms with Gasteiger partial charge in [-0.1, -0.05) is 25.1 Å². The van der Waals surface area contributed by atoms with E-state index in [1.807, 2.05) is 25.1 Å². The summed E-state index contributed by atoms with van der Waals surface area (Å²) in [6, 6.07) is 5.90. The minimum atomic E-state index is -0.0321. The number of rotatable bonds is 4. The topological polar surface area (TPSA) is 12.0 Å². The first-order chi connectivity index (χ1) is 7.24. The average molecular weight is 207 g/mol. The Kier molecular flexibility index (Phi) is 3.06. The van der Waals surface area contributed by atoms with E-state index in [0.29, 0.717) is 5.92 Å². The molecule has 1 aromatic rings. The van der Waals surface area contributed by atoms with Gasteiger partial charge in [-0.25, -0.2) is 4.39 Å². The summed E-state index contributed by atoms with van der Waals surface area (Å²) in [4.78, 5) is 0. The summed E-state index contributed by atoms with van der Waals surface area (Å²) < 4.78 is 13.9.